The van der Waals surface area contributed by atoms with Crippen molar-refractivity contribution in [2.75, 3.05) is 13.1 Å². The van der Waals surface area contributed by atoms with Gasteiger partial charge in [0.1, 0.15) is 0 Å². The lowest BCUT2D eigenvalue weighted by atomic mass is 10.1. The summed E-state index contributed by atoms with van der Waals surface area (Å²) in [5.41, 5.74) is 0.714. The van der Waals surface area contributed by atoms with Crippen LogP contribution < -0.4 is 0 Å². The third-order valence-electron chi connectivity index (χ3n) is 2.74. The lowest BCUT2D eigenvalue weighted by Crippen LogP contribution is -2.40. The fourth-order valence-electron chi connectivity index (χ4n) is 1.88. The molecule has 16 heavy (non-hydrogen) atoms. The van der Waals surface area contributed by atoms with Crippen LogP contribution >= 0.6 is 27.5 Å². The van der Waals surface area contributed by atoms with E-state index in [1.54, 1.807) is 24.3 Å². The van der Waals surface area contributed by atoms with Gasteiger partial charge < -0.3 is 4.90 Å². The predicted octanol–water partition coefficient (Wildman–Crippen LogP) is 3.34. The third kappa shape index (κ3) is 2.77. The summed E-state index contributed by atoms with van der Waals surface area (Å²) >= 11 is 9.36. The molecule has 1 fully saturated rings. The maximum absolute atomic E-state index is 12.1. The lowest BCUT2D eigenvalue weighted by Gasteiger charge is -2.30. The van der Waals surface area contributed by atoms with Gasteiger partial charge in [-0.25, -0.2) is 0 Å². The zero-order chi connectivity index (χ0) is 11.5. The molecule has 0 radical (unpaired) electrons. The largest absolute Gasteiger partial charge is 0.338 e. The number of carbonyl (C=O) groups is 1. The smallest absolute Gasteiger partial charge is 0.253 e. The molecular formula is C12H13BrClNO. The first kappa shape index (κ1) is 11.9. The second kappa shape index (κ2) is 5.19. The van der Waals surface area contributed by atoms with Crippen LogP contribution in [-0.4, -0.2) is 28.7 Å². The summed E-state index contributed by atoms with van der Waals surface area (Å²) in [6, 6.07) is 7.07. The van der Waals surface area contributed by atoms with Gasteiger partial charge in [0.05, 0.1) is 0 Å². The molecule has 1 aromatic carbocycles. The van der Waals surface area contributed by atoms with Gasteiger partial charge in [0.2, 0.25) is 0 Å². The van der Waals surface area contributed by atoms with E-state index in [0.717, 1.165) is 25.9 Å². The van der Waals surface area contributed by atoms with E-state index in [0.29, 0.717) is 15.4 Å². The molecular weight excluding hydrogens is 289 g/mol. The highest BCUT2D eigenvalue weighted by atomic mass is 79.9. The van der Waals surface area contributed by atoms with Crippen molar-refractivity contribution in [1.29, 1.82) is 0 Å². The van der Waals surface area contributed by atoms with Gasteiger partial charge in [-0.2, -0.15) is 0 Å². The van der Waals surface area contributed by atoms with Gasteiger partial charge in [-0.3, -0.25) is 4.79 Å². The summed E-state index contributed by atoms with van der Waals surface area (Å²) < 4.78 is 0. The minimum Gasteiger partial charge on any atom is -0.338 e. The molecule has 1 aliphatic rings. The van der Waals surface area contributed by atoms with Crippen molar-refractivity contribution in [3.05, 3.63) is 34.9 Å². The van der Waals surface area contributed by atoms with Gasteiger partial charge in [0, 0.05) is 28.5 Å². The van der Waals surface area contributed by atoms with Crippen molar-refractivity contribution >= 4 is 33.4 Å². The lowest BCUT2D eigenvalue weighted by molar-refractivity contribution is 0.0730. The average Bonchev–Trinajstić information content (AvgIpc) is 2.29. The summed E-state index contributed by atoms with van der Waals surface area (Å²) in [4.78, 5) is 14.4. The first-order chi connectivity index (χ1) is 7.66. The van der Waals surface area contributed by atoms with Crippen molar-refractivity contribution in [3.8, 4) is 0 Å². The Morgan fingerprint density at radius 3 is 2.69 bits per heavy atom. The van der Waals surface area contributed by atoms with E-state index in [2.05, 4.69) is 15.9 Å². The van der Waals surface area contributed by atoms with Crippen LogP contribution in [0.4, 0.5) is 0 Å². The maximum Gasteiger partial charge on any atom is 0.253 e. The molecule has 1 saturated heterocycles. The molecule has 1 unspecified atom stereocenters. The number of piperidine rings is 1. The van der Waals surface area contributed by atoms with Gasteiger partial charge in [0.25, 0.3) is 5.91 Å². The molecule has 4 heteroatoms. The van der Waals surface area contributed by atoms with E-state index in [1.165, 1.54) is 0 Å². The normalized spacial score (nSPS) is 20.9. The summed E-state index contributed by atoms with van der Waals surface area (Å²) in [7, 11) is 0. The zero-order valence-corrected chi connectivity index (χ0v) is 11.2. The molecule has 0 spiro atoms. The van der Waals surface area contributed by atoms with Crippen molar-refractivity contribution in [2.24, 2.45) is 0 Å². The van der Waals surface area contributed by atoms with Crippen molar-refractivity contribution < 1.29 is 4.79 Å². The van der Waals surface area contributed by atoms with Gasteiger partial charge in [-0.05, 0) is 37.1 Å². The Hall–Kier alpha value is -0.540. The number of hydrogen-bond acceptors (Lipinski definition) is 1. The van der Waals surface area contributed by atoms with E-state index in [1.807, 2.05) is 4.90 Å². The number of amides is 1. The monoisotopic (exact) mass is 301 g/mol. The summed E-state index contributed by atoms with van der Waals surface area (Å²) in [6.45, 7) is 1.64. The summed E-state index contributed by atoms with van der Waals surface area (Å²) in [5, 5.41) is 0.661. The Labute approximate surface area is 109 Å². The van der Waals surface area contributed by atoms with Crippen molar-refractivity contribution in [2.45, 2.75) is 17.7 Å². The zero-order valence-electron chi connectivity index (χ0n) is 8.83. The molecule has 1 amide bonds. The highest BCUT2D eigenvalue weighted by Crippen LogP contribution is 2.19. The van der Waals surface area contributed by atoms with E-state index >= 15 is 0 Å². The van der Waals surface area contributed by atoms with E-state index < -0.39 is 0 Å². The number of carbonyl (C=O) groups excluding carboxylic acids is 1. The standard InChI is InChI=1S/C12H13BrClNO/c13-10-2-1-7-15(8-10)12(16)9-3-5-11(14)6-4-9/h3-6,10H,1-2,7-8H2. The van der Waals surface area contributed by atoms with Gasteiger partial charge in [0.15, 0.2) is 0 Å². The second-order valence-electron chi connectivity index (χ2n) is 4.00. The van der Waals surface area contributed by atoms with E-state index in [-0.39, 0.29) is 5.91 Å². The first-order valence-corrected chi connectivity index (χ1v) is 6.65. The molecule has 0 aliphatic carbocycles. The molecule has 2 rings (SSSR count). The third-order valence-corrected chi connectivity index (χ3v) is 3.74. The fourth-order valence-corrected chi connectivity index (χ4v) is 2.68. The number of hydrogen-bond donors (Lipinski definition) is 0. The molecule has 86 valence electrons. The van der Waals surface area contributed by atoms with Crippen molar-refractivity contribution in [3.63, 3.8) is 0 Å². The van der Waals surface area contributed by atoms with Crippen LogP contribution in [0.1, 0.15) is 23.2 Å². The topological polar surface area (TPSA) is 20.3 Å². The molecule has 1 aromatic rings. The van der Waals surface area contributed by atoms with Crippen LogP contribution in [0.2, 0.25) is 5.02 Å². The molecule has 0 N–H and O–H groups in total. The minimum atomic E-state index is 0.0980. The Bertz CT molecular complexity index is 379. The SMILES string of the molecule is O=C(c1ccc(Cl)cc1)N1CCCC(Br)C1. The molecule has 1 heterocycles. The Balaban J connectivity index is 2.09. The number of benzene rings is 1. The second-order valence-corrected chi connectivity index (χ2v) is 5.73. The molecule has 0 saturated carbocycles. The van der Waals surface area contributed by atoms with Gasteiger partial charge in [-0.1, -0.05) is 27.5 Å². The van der Waals surface area contributed by atoms with Gasteiger partial charge >= 0.3 is 0 Å². The molecule has 0 aromatic heterocycles. The summed E-state index contributed by atoms with van der Waals surface area (Å²) in [6.07, 6.45) is 2.21. The van der Waals surface area contributed by atoms with Crippen LogP contribution in [0.3, 0.4) is 0 Å². The highest BCUT2D eigenvalue weighted by Gasteiger charge is 2.22. The molecule has 1 atom stereocenters. The van der Waals surface area contributed by atoms with Gasteiger partial charge in [-0.15, -0.1) is 0 Å². The number of nitrogens with zero attached hydrogens (tertiary/aromatic N) is 1. The number of rotatable bonds is 1. The highest BCUT2D eigenvalue weighted by molar-refractivity contribution is 9.09. The number of halogens is 2. The Morgan fingerprint density at radius 2 is 2.06 bits per heavy atom. The molecule has 0 bridgehead atoms. The van der Waals surface area contributed by atoms with Crippen LogP contribution in [0.5, 0.6) is 0 Å². The Kier molecular flexibility index (Phi) is 3.87. The quantitative estimate of drug-likeness (QED) is 0.729. The van der Waals surface area contributed by atoms with Crippen LogP contribution in [0, 0.1) is 0 Å². The average molecular weight is 303 g/mol. The molecule has 2 nitrogen and oxygen atoms in total. The van der Waals surface area contributed by atoms with Crippen LogP contribution in [0.25, 0.3) is 0 Å². The summed E-state index contributed by atoms with van der Waals surface area (Å²) in [5.74, 6) is 0.0980. The van der Waals surface area contributed by atoms with Crippen molar-refractivity contribution in [1.82, 2.24) is 4.90 Å². The number of likely N-dealkylation sites (tertiary alicyclic amines) is 1. The predicted molar refractivity (Wildman–Crippen MR) is 69.3 cm³/mol. The first-order valence-electron chi connectivity index (χ1n) is 5.36. The Morgan fingerprint density at radius 1 is 1.38 bits per heavy atom. The van der Waals surface area contributed by atoms with E-state index in [9.17, 15) is 4.79 Å². The van der Waals surface area contributed by atoms with E-state index in [4.69, 9.17) is 11.6 Å². The molecule has 1 aliphatic heterocycles. The van der Waals surface area contributed by atoms with Crippen LogP contribution in [-0.2, 0) is 0 Å². The van der Waals surface area contributed by atoms with Crippen LogP contribution in [0.15, 0.2) is 24.3 Å². The maximum atomic E-state index is 12.1. The minimum absolute atomic E-state index is 0.0980. The fraction of sp³-hybridized carbons (Fsp3) is 0.417. The number of alkyl halides is 1.